The van der Waals surface area contributed by atoms with Gasteiger partial charge in [-0.05, 0) is 18.2 Å². The standard InChI is InChI=1S/C17H17FN2O4/c1-11(15(18)17(23)24)9-19-16(22)12-7-8-14(21)20(10-12)13-5-3-2-4-6-13/h2-8,10-11,15H,9H2,1H3,(H,19,22)(H,23,24). The van der Waals surface area contributed by atoms with E-state index in [4.69, 9.17) is 5.11 Å². The molecule has 0 aliphatic heterocycles. The van der Waals surface area contributed by atoms with E-state index < -0.39 is 24.0 Å². The summed E-state index contributed by atoms with van der Waals surface area (Å²) in [6.07, 6.45) is -0.662. The van der Waals surface area contributed by atoms with Gasteiger partial charge in [0.15, 0.2) is 0 Å². The molecule has 2 unspecified atom stereocenters. The van der Waals surface area contributed by atoms with Crippen LogP contribution in [0.2, 0.25) is 0 Å². The highest BCUT2D eigenvalue weighted by molar-refractivity contribution is 5.94. The first-order chi connectivity index (χ1) is 11.4. The lowest BCUT2D eigenvalue weighted by Gasteiger charge is -2.14. The van der Waals surface area contributed by atoms with E-state index in [1.165, 1.54) is 29.8 Å². The van der Waals surface area contributed by atoms with Gasteiger partial charge >= 0.3 is 5.97 Å². The number of hydrogen-bond acceptors (Lipinski definition) is 3. The number of carbonyl (C=O) groups excluding carboxylic acids is 1. The Kier molecular flexibility index (Phi) is 5.47. The lowest BCUT2D eigenvalue weighted by Crippen LogP contribution is -2.35. The molecular weight excluding hydrogens is 315 g/mol. The monoisotopic (exact) mass is 332 g/mol. The van der Waals surface area contributed by atoms with Gasteiger partial charge in [-0.3, -0.25) is 14.2 Å². The van der Waals surface area contributed by atoms with E-state index >= 15 is 0 Å². The Bertz CT molecular complexity index is 789. The lowest BCUT2D eigenvalue weighted by atomic mass is 10.1. The van der Waals surface area contributed by atoms with E-state index in [2.05, 4.69) is 5.32 Å². The van der Waals surface area contributed by atoms with Crippen LogP contribution < -0.4 is 10.9 Å². The molecule has 0 saturated carbocycles. The Hall–Kier alpha value is -2.96. The van der Waals surface area contributed by atoms with Gasteiger partial charge in [-0.2, -0.15) is 0 Å². The summed E-state index contributed by atoms with van der Waals surface area (Å²) in [4.78, 5) is 34.6. The Labute approximate surface area is 137 Å². The molecule has 0 fully saturated rings. The van der Waals surface area contributed by atoms with Gasteiger partial charge in [0, 0.05) is 30.4 Å². The van der Waals surface area contributed by atoms with Gasteiger partial charge in [-0.15, -0.1) is 0 Å². The number of aliphatic carboxylic acids is 1. The van der Waals surface area contributed by atoms with E-state index in [-0.39, 0.29) is 17.7 Å². The van der Waals surface area contributed by atoms with Crippen molar-refractivity contribution in [1.29, 1.82) is 0 Å². The molecule has 2 rings (SSSR count). The van der Waals surface area contributed by atoms with Crippen molar-refractivity contribution in [2.75, 3.05) is 6.54 Å². The molecule has 1 amide bonds. The van der Waals surface area contributed by atoms with Gasteiger partial charge in [0.2, 0.25) is 6.17 Å². The highest BCUT2D eigenvalue weighted by atomic mass is 19.1. The van der Waals surface area contributed by atoms with Crippen LogP contribution in [0.1, 0.15) is 17.3 Å². The first-order valence-electron chi connectivity index (χ1n) is 7.33. The zero-order valence-corrected chi connectivity index (χ0v) is 13.0. The van der Waals surface area contributed by atoms with Crippen LogP contribution in [-0.4, -0.2) is 34.3 Å². The highest BCUT2D eigenvalue weighted by Gasteiger charge is 2.24. The smallest absolute Gasteiger partial charge is 0.338 e. The minimum atomic E-state index is -2.05. The molecule has 0 radical (unpaired) electrons. The lowest BCUT2D eigenvalue weighted by molar-refractivity contribution is -0.144. The molecule has 2 atom stereocenters. The zero-order valence-electron chi connectivity index (χ0n) is 13.0. The maximum Gasteiger partial charge on any atom is 0.338 e. The van der Waals surface area contributed by atoms with E-state index in [0.29, 0.717) is 5.69 Å². The molecule has 0 aliphatic rings. The van der Waals surface area contributed by atoms with Crippen molar-refractivity contribution in [2.45, 2.75) is 13.1 Å². The van der Waals surface area contributed by atoms with Gasteiger partial charge in [-0.1, -0.05) is 25.1 Å². The Balaban J connectivity index is 2.14. The number of alkyl halides is 1. The fraction of sp³-hybridized carbons (Fsp3) is 0.235. The molecule has 6 nitrogen and oxygen atoms in total. The van der Waals surface area contributed by atoms with Crippen LogP contribution >= 0.6 is 0 Å². The van der Waals surface area contributed by atoms with Crippen molar-refractivity contribution >= 4 is 11.9 Å². The second-order valence-corrected chi connectivity index (χ2v) is 5.39. The third-order valence-electron chi connectivity index (χ3n) is 3.53. The van der Waals surface area contributed by atoms with Crippen molar-refractivity contribution in [2.24, 2.45) is 5.92 Å². The number of carboxylic acid groups (broad SMARTS) is 1. The number of para-hydroxylation sites is 1. The molecule has 7 heteroatoms. The average Bonchev–Trinajstić information content (AvgIpc) is 2.59. The number of carboxylic acids is 1. The Morgan fingerprint density at radius 1 is 1.21 bits per heavy atom. The van der Waals surface area contributed by atoms with Gasteiger partial charge in [-0.25, -0.2) is 9.18 Å². The molecule has 1 heterocycles. The summed E-state index contributed by atoms with van der Waals surface area (Å²) >= 11 is 0. The number of nitrogens with zero attached hydrogens (tertiary/aromatic N) is 1. The minimum Gasteiger partial charge on any atom is -0.479 e. The van der Waals surface area contributed by atoms with Crippen LogP contribution in [0.3, 0.4) is 0 Å². The molecule has 2 N–H and O–H groups in total. The summed E-state index contributed by atoms with van der Waals surface area (Å²) in [5.74, 6) is -2.94. The van der Waals surface area contributed by atoms with Crippen molar-refractivity contribution in [1.82, 2.24) is 9.88 Å². The predicted octanol–water partition coefficient (Wildman–Crippen LogP) is 1.63. The average molecular weight is 332 g/mol. The van der Waals surface area contributed by atoms with Crippen LogP contribution in [-0.2, 0) is 4.79 Å². The summed E-state index contributed by atoms with van der Waals surface area (Å²) < 4.78 is 14.6. The van der Waals surface area contributed by atoms with Crippen molar-refractivity contribution in [3.8, 4) is 5.69 Å². The fourth-order valence-corrected chi connectivity index (χ4v) is 2.11. The van der Waals surface area contributed by atoms with Gasteiger partial charge in [0.25, 0.3) is 11.5 Å². The maximum absolute atomic E-state index is 13.3. The molecular formula is C17H17FN2O4. The number of nitrogens with one attached hydrogen (secondary N) is 1. The second-order valence-electron chi connectivity index (χ2n) is 5.39. The Morgan fingerprint density at radius 3 is 2.50 bits per heavy atom. The highest BCUT2D eigenvalue weighted by Crippen LogP contribution is 2.08. The summed E-state index contributed by atoms with van der Waals surface area (Å²) in [7, 11) is 0. The van der Waals surface area contributed by atoms with Crippen molar-refractivity contribution < 1.29 is 19.1 Å². The maximum atomic E-state index is 13.3. The number of amides is 1. The number of halogens is 1. The molecule has 0 aliphatic carbocycles. The van der Waals surface area contributed by atoms with Crippen LogP contribution in [0.25, 0.3) is 5.69 Å². The summed E-state index contributed by atoms with van der Waals surface area (Å²) in [5, 5.41) is 11.1. The summed E-state index contributed by atoms with van der Waals surface area (Å²) in [6, 6.07) is 11.4. The van der Waals surface area contributed by atoms with Crippen molar-refractivity contribution in [3.63, 3.8) is 0 Å². The van der Waals surface area contributed by atoms with Gasteiger partial charge in [0.05, 0.1) is 5.56 Å². The molecule has 0 spiro atoms. The Morgan fingerprint density at radius 2 is 1.88 bits per heavy atom. The summed E-state index contributed by atoms with van der Waals surface area (Å²) in [5.41, 5.74) is 0.539. The topological polar surface area (TPSA) is 88.4 Å². The first-order valence-corrected chi connectivity index (χ1v) is 7.33. The zero-order chi connectivity index (χ0) is 17.7. The first kappa shape index (κ1) is 17.4. The van der Waals surface area contributed by atoms with Crippen LogP contribution in [0.5, 0.6) is 0 Å². The third kappa shape index (κ3) is 4.07. The van der Waals surface area contributed by atoms with E-state index in [9.17, 15) is 18.8 Å². The van der Waals surface area contributed by atoms with E-state index in [1.54, 1.807) is 24.3 Å². The molecule has 24 heavy (non-hydrogen) atoms. The number of hydrogen-bond donors (Lipinski definition) is 2. The van der Waals surface area contributed by atoms with Crippen molar-refractivity contribution in [3.05, 3.63) is 64.6 Å². The number of rotatable bonds is 6. The molecule has 1 aromatic carbocycles. The number of benzene rings is 1. The van der Waals surface area contributed by atoms with Gasteiger partial charge < -0.3 is 10.4 Å². The number of pyridine rings is 1. The molecule has 0 saturated heterocycles. The number of aromatic nitrogens is 1. The van der Waals surface area contributed by atoms with Crippen LogP contribution in [0, 0.1) is 5.92 Å². The second kappa shape index (κ2) is 7.54. The quantitative estimate of drug-likeness (QED) is 0.841. The molecule has 1 aromatic heterocycles. The molecule has 2 aromatic rings. The van der Waals surface area contributed by atoms with E-state index in [0.717, 1.165) is 0 Å². The fourth-order valence-electron chi connectivity index (χ4n) is 2.11. The molecule has 126 valence electrons. The normalized spacial score (nSPS) is 13.1. The van der Waals surface area contributed by atoms with Crippen LogP contribution in [0.4, 0.5) is 4.39 Å². The van der Waals surface area contributed by atoms with Crippen LogP contribution in [0.15, 0.2) is 53.5 Å². The third-order valence-corrected chi connectivity index (χ3v) is 3.53. The molecule has 0 bridgehead atoms. The predicted molar refractivity (Wildman–Crippen MR) is 86.1 cm³/mol. The largest absolute Gasteiger partial charge is 0.479 e. The van der Waals surface area contributed by atoms with Gasteiger partial charge in [0.1, 0.15) is 0 Å². The number of carbonyl (C=O) groups is 2. The summed E-state index contributed by atoms with van der Waals surface area (Å²) in [6.45, 7) is 1.26. The van der Waals surface area contributed by atoms with E-state index in [1.807, 2.05) is 6.07 Å². The minimum absolute atomic E-state index is 0.128. The SMILES string of the molecule is CC(CNC(=O)c1ccc(=O)n(-c2ccccc2)c1)C(F)C(=O)O.